The van der Waals surface area contributed by atoms with Crippen LogP contribution in [0.25, 0.3) is 10.9 Å². The fraction of sp³-hybridized carbons (Fsp3) is 0.250. The molecule has 0 spiro atoms. The van der Waals surface area contributed by atoms with Gasteiger partial charge in [-0.05, 0) is 24.1 Å². The van der Waals surface area contributed by atoms with Gasteiger partial charge in [-0.1, -0.05) is 43.3 Å². The van der Waals surface area contributed by atoms with Crippen LogP contribution in [-0.4, -0.2) is 15.8 Å². The van der Waals surface area contributed by atoms with E-state index in [1.807, 2.05) is 36.4 Å². The highest BCUT2D eigenvalue weighted by molar-refractivity contribution is 5.86. The van der Waals surface area contributed by atoms with E-state index in [0.29, 0.717) is 23.0 Å². The molecule has 0 radical (unpaired) electrons. The molecule has 1 atom stereocenters. The number of rotatable bonds is 4. The van der Waals surface area contributed by atoms with Gasteiger partial charge in [-0.25, -0.2) is 0 Å². The first-order chi connectivity index (χ1) is 12.3. The van der Waals surface area contributed by atoms with E-state index >= 15 is 0 Å². The van der Waals surface area contributed by atoms with Gasteiger partial charge in [-0.3, -0.25) is 0 Å². The number of hydrogen-bond acceptors (Lipinski definition) is 2. The quantitative estimate of drug-likeness (QED) is 0.733. The number of aliphatic hydroxyl groups is 1. The van der Waals surface area contributed by atoms with Crippen LogP contribution >= 0.6 is 0 Å². The van der Waals surface area contributed by atoms with Gasteiger partial charge in [0, 0.05) is 23.7 Å². The minimum absolute atomic E-state index is 0.192. The summed E-state index contributed by atoms with van der Waals surface area (Å²) in [6.07, 6.45) is -3.96. The molecule has 2 aromatic carbocycles. The van der Waals surface area contributed by atoms with Crippen molar-refractivity contribution in [3.63, 3.8) is 0 Å². The third kappa shape index (κ3) is 2.95. The van der Waals surface area contributed by atoms with Crippen LogP contribution in [0.3, 0.4) is 0 Å². The summed E-state index contributed by atoms with van der Waals surface area (Å²) >= 11 is 0. The molecule has 0 aliphatic heterocycles. The number of aromatic nitrogens is 1. The molecule has 3 nitrogen and oxygen atoms in total. The molecule has 134 valence electrons. The third-order valence-electron chi connectivity index (χ3n) is 4.63. The van der Waals surface area contributed by atoms with Gasteiger partial charge in [0.2, 0.25) is 0 Å². The van der Waals surface area contributed by atoms with Gasteiger partial charge >= 0.3 is 6.18 Å². The van der Waals surface area contributed by atoms with E-state index in [4.69, 9.17) is 5.26 Å². The summed E-state index contributed by atoms with van der Waals surface area (Å²) in [6, 6.07) is 15.8. The van der Waals surface area contributed by atoms with Crippen LogP contribution in [0, 0.1) is 11.3 Å². The SMILES string of the molecule is CCC(O)(c1cn(Cc2ccccc2)c2cc(C#N)ccc12)C(F)(F)F. The van der Waals surface area contributed by atoms with Crippen molar-refractivity contribution < 1.29 is 18.3 Å². The fourth-order valence-electron chi connectivity index (χ4n) is 3.15. The van der Waals surface area contributed by atoms with Crippen LogP contribution in [0.1, 0.15) is 30.0 Å². The topological polar surface area (TPSA) is 49.0 Å². The van der Waals surface area contributed by atoms with Gasteiger partial charge in [0.05, 0.1) is 17.1 Å². The lowest BCUT2D eigenvalue weighted by molar-refractivity contribution is -0.267. The molecule has 26 heavy (non-hydrogen) atoms. The predicted molar refractivity (Wildman–Crippen MR) is 92.4 cm³/mol. The molecule has 1 unspecified atom stereocenters. The lowest BCUT2D eigenvalue weighted by Crippen LogP contribution is -2.41. The molecule has 3 rings (SSSR count). The van der Waals surface area contributed by atoms with Crippen LogP contribution < -0.4 is 0 Å². The smallest absolute Gasteiger partial charge is 0.376 e. The molecule has 0 fully saturated rings. The number of hydrogen-bond donors (Lipinski definition) is 1. The Morgan fingerprint density at radius 2 is 1.81 bits per heavy atom. The fourth-order valence-corrected chi connectivity index (χ4v) is 3.15. The third-order valence-corrected chi connectivity index (χ3v) is 4.63. The molecule has 0 amide bonds. The van der Waals surface area contributed by atoms with Crippen LogP contribution in [0.2, 0.25) is 0 Å². The van der Waals surface area contributed by atoms with E-state index in [9.17, 15) is 18.3 Å². The van der Waals surface area contributed by atoms with Gasteiger partial charge in [0.15, 0.2) is 5.60 Å². The van der Waals surface area contributed by atoms with E-state index in [2.05, 4.69) is 0 Å². The van der Waals surface area contributed by atoms with Gasteiger partial charge in [0.1, 0.15) is 0 Å². The zero-order valence-electron chi connectivity index (χ0n) is 14.1. The number of benzene rings is 2. The zero-order chi connectivity index (χ0) is 18.9. The first-order valence-corrected chi connectivity index (χ1v) is 8.16. The van der Waals surface area contributed by atoms with Gasteiger partial charge in [-0.15, -0.1) is 0 Å². The van der Waals surface area contributed by atoms with Crippen LogP contribution in [0.4, 0.5) is 13.2 Å². The summed E-state index contributed by atoms with van der Waals surface area (Å²) in [7, 11) is 0. The van der Waals surface area contributed by atoms with Crippen molar-refractivity contribution in [2.24, 2.45) is 0 Å². The summed E-state index contributed by atoms with van der Waals surface area (Å²) in [5.74, 6) is 0. The standard InChI is InChI=1S/C20H17F3N2O/c1-2-19(26,20(21,22)23)17-13-25(12-14-6-4-3-5-7-14)18-10-15(11-24)8-9-16(17)18/h3-10,13,26H,2,12H2,1H3. The summed E-state index contributed by atoms with van der Waals surface area (Å²) < 4.78 is 42.4. The van der Waals surface area contributed by atoms with E-state index < -0.39 is 18.2 Å². The number of fused-ring (bicyclic) bond motifs is 1. The molecule has 0 aliphatic carbocycles. The maximum Gasteiger partial charge on any atom is 0.421 e. The van der Waals surface area contributed by atoms with Crippen molar-refractivity contribution in [1.29, 1.82) is 5.26 Å². The highest BCUT2D eigenvalue weighted by atomic mass is 19.4. The Hall–Kier alpha value is -2.78. The van der Waals surface area contributed by atoms with Gasteiger partial charge in [-0.2, -0.15) is 18.4 Å². The average molecular weight is 358 g/mol. The Morgan fingerprint density at radius 3 is 2.38 bits per heavy atom. The molecule has 0 aliphatic rings. The molecule has 0 saturated carbocycles. The summed E-state index contributed by atoms with van der Waals surface area (Å²) in [4.78, 5) is 0. The molecule has 6 heteroatoms. The molecule has 3 aromatic rings. The highest BCUT2D eigenvalue weighted by Crippen LogP contribution is 2.44. The molecule has 1 N–H and O–H groups in total. The van der Waals surface area contributed by atoms with E-state index in [1.165, 1.54) is 25.3 Å². The molecular weight excluding hydrogens is 341 g/mol. The zero-order valence-corrected chi connectivity index (χ0v) is 14.1. The Bertz CT molecular complexity index is 970. The minimum Gasteiger partial charge on any atom is -0.376 e. The predicted octanol–water partition coefficient (Wildman–Crippen LogP) is 4.72. The lowest BCUT2D eigenvalue weighted by atomic mass is 9.90. The largest absolute Gasteiger partial charge is 0.421 e. The second-order valence-electron chi connectivity index (χ2n) is 6.21. The summed E-state index contributed by atoms with van der Waals surface area (Å²) in [5.41, 5.74) is -1.39. The van der Waals surface area contributed by atoms with Crippen molar-refractivity contribution in [1.82, 2.24) is 4.57 Å². The number of nitrogens with zero attached hydrogens (tertiary/aromatic N) is 2. The number of halogens is 3. The summed E-state index contributed by atoms with van der Waals surface area (Å²) in [5, 5.41) is 19.9. The highest BCUT2D eigenvalue weighted by Gasteiger charge is 2.54. The first kappa shape index (κ1) is 18.0. The van der Waals surface area contributed by atoms with Crippen LogP contribution in [0.5, 0.6) is 0 Å². The second kappa shape index (κ2) is 6.50. The van der Waals surface area contributed by atoms with Crippen molar-refractivity contribution in [2.45, 2.75) is 31.7 Å². The molecule has 0 bridgehead atoms. The van der Waals surface area contributed by atoms with Crippen molar-refractivity contribution in [3.05, 3.63) is 71.4 Å². The molecular formula is C20H17F3N2O. The van der Waals surface area contributed by atoms with E-state index in [1.54, 1.807) is 10.6 Å². The Balaban J connectivity index is 2.24. The van der Waals surface area contributed by atoms with Crippen molar-refractivity contribution >= 4 is 10.9 Å². The van der Waals surface area contributed by atoms with Crippen LogP contribution in [-0.2, 0) is 12.1 Å². The monoisotopic (exact) mass is 358 g/mol. The van der Waals surface area contributed by atoms with Crippen molar-refractivity contribution in [3.8, 4) is 6.07 Å². The second-order valence-corrected chi connectivity index (χ2v) is 6.21. The molecule has 0 saturated heterocycles. The lowest BCUT2D eigenvalue weighted by Gasteiger charge is -2.29. The molecule has 1 aromatic heterocycles. The first-order valence-electron chi connectivity index (χ1n) is 8.16. The van der Waals surface area contributed by atoms with E-state index in [-0.39, 0.29) is 5.56 Å². The van der Waals surface area contributed by atoms with E-state index in [0.717, 1.165) is 5.56 Å². The maximum atomic E-state index is 13.6. The Labute approximate surface area is 148 Å². The van der Waals surface area contributed by atoms with Crippen molar-refractivity contribution in [2.75, 3.05) is 0 Å². The molecule has 1 heterocycles. The maximum absolute atomic E-state index is 13.6. The summed E-state index contributed by atoms with van der Waals surface area (Å²) in [6.45, 7) is 1.64. The number of alkyl halides is 3. The van der Waals surface area contributed by atoms with Crippen LogP contribution in [0.15, 0.2) is 54.7 Å². The Kier molecular flexibility index (Phi) is 4.51. The Morgan fingerprint density at radius 1 is 1.12 bits per heavy atom. The minimum atomic E-state index is -4.80. The number of nitriles is 1. The van der Waals surface area contributed by atoms with Gasteiger partial charge in [0.25, 0.3) is 0 Å². The average Bonchev–Trinajstić information content (AvgIpc) is 2.99. The normalized spacial score (nSPS) is 14.2. The van der Waals surface area contributed by atoms with Gasteiger partial charge < -0.3 is 9.67 Å².